The maximum absolute atomic E-state index is 12.5. The molecule has 0 unspecified atom stereocenters. The van der Waals surface area contributed by atoms with Crippen molar-refractivity contribution in [1.82, 2.24) is 0 Å². The van der Waals surface area contributed by atoms with Gasteiger partial charge in [-0.3, -0.25) is 14.9 Å². The molecule has 8 nitrogen and oxygen atoms in total. The molecule has 166 valence electrons. The van der Waals surface area contributed by atoms with Crippen LogP contribution in [0.25, 0.3) is 6.08 Å². The Labute approximate surface area is 198 Å². The molecule has 0 saturated heterocycles. The maximum Gasteiger partial charge on any atom is 0.269 e. The van der Waals surface area contributed by atoms with Crippen LogP contribution in [-0.2, 0) is 11.4 Å². The lowest BCUT2D eigenvalue weighted by molar-refractivity contribution is -0.384. The number of ether oxygens (including phenoxy) is 2. The first-order valence-corrected chi connectivity index (χ1v) is 10.4. The van der Waals surface area contributed by atoms with E-state index in [2.05, 4.69) is 21.2 Å². The van der Waals surface area contributed by atoms with Gasteiger partial charge in [0.1, 0.15) is 18.2 Å². The molecule has 0 aliphatic carbocycles. The fraction of sp³-hybridized carbons (Fsp3) is 0.0833. The van der Waals surface area contributed by atoms with E-state index in [1.54, 1.807) is 48.5 Å². The third kappa shape index (κ3) is 6.18. The number of amides is 1. The van der Waals surface area contributed by atoms with Gasteiger partial charge in [-0.25, -0.2) is 0 Å². The first-order chi connectivity index (χ1) is 15.9. The average molecular weight is 508 g/mol. The lowest BCUT2D eigenvalue weighted by Crippen LogP contribution is -2.13. The standard InChI is InChI=1S/C24H18BrN3O5/c1-32-22-12-17(11-18(14-26)24(29)27-19-7-3-2-4-8-19)21(25)13-23(22)33-15-16-6-5-9-20(10-16)28(30)31/h2-13H,15H2,1H3,(H,27,29)/b18-11-. The molecule has 1 N–H and O–H groups in total. The normalized spacial score (nSPS) is 10.8. The van der Waals surface area contributed by atoms with E-state index in [0.29, 0.717) is 32.8 Å². The van der Waals surface area contributed by atoms with E-state index >= 15 is 0 Å². The average Bonchev–Trinajstić information content (AvgIpc) is 2.82. The first kappa shape index (κ1) is 23.5. The van der Waals surface area contributed by atoms with Crippen molar-refractivity contribution >= 4 is 39.3 Å². The number of hydrogen-bond donors (Lipinski definition) is 1. The minimum Gasteiger partial charge on any atom is -0.493 e. The van der Waals surface area contributed by atoms with E-state index in [0.717, 1.165) is 0 Å². The molecule has 0 saturated carbocycles. The summed E-state index contributed by atoms with van der Waals surface area (Å²) in [6.45, 7) is 0.0859. The molecule has 0 fully saturated rings. The van der Waals surface area contributed by atoms with Crippen LogP contribution in [-0.4, -0.2) is 17.9 Å². The quantitative estimate of drug-likeness (QED) is 0.186. The molecule has 3 aromatic rings. The summed E-state index contributed by atoms with van der Waals surface area (Å²) in [5.41, 5.74) is 1.62. The van der Waals surface area contributed by atoms with Gasteiger partial charge in [0, 0.05) is 22.3 Å². The van der Waals surface area contributed by atoms with Crippen LogP contribution in [0.1, 0.15) is 11.1 Å². The van der Waals surface area contributed by atoms with Gasteiger partial charge in [0.05, 0.1) is 12.0 Å². The zero-order valence-electron chi connectivity index (χ0n) is 17.4. The minimum atomic E-state index is -0.541. The van der Waals surface area contributed by atoms with Gasteiger partial charge in [-0.15, -0.1) is 0 Å². The van der Waals surface area contributed by atoms with Gasteiger partial charge < -0.3 is 14.8 Å². The van der Waals surface area contributed by atoms with Crippen molar-refractivity contribution in [2.75, 3.05) is 12.4 Å². The number of nitro groups is 1. The number of methoxy groups -OCH3 is 1. The number of nitrogens with zero attached hydrogens (tertiary/aromatic N) is 2. The Morgan fingerprint density at radius 1 is 1.15 bits per heavy atom. The second kappa shape index (κ2) is 10.9. The van der Waals surface area contributed by atoms with Crippen molar-refractivity contribution in [2.24, 2.45) is 0 Å². The molecule has 0 aromatic heterocycles. The zero-order chi connectivity index (χ0) is 23.8. The molecule has 0 spiro atoms. The molecular weight excluding hydrogens is 490 g/mol. The molecule has 3 rings (SSSR count). The predicted molar refractivity (Wildman–Crippen MR) is 127 cm³/mol. The highest BCUT2D eigenvalue weighted by Crippen LogP contribution is 2.35. The van der Waals surface area contributed by atoms with Crippen LogP contribution >= 0.6 is 15.9 Å². The summed E-state index contributed by atoms with van der Waals surface area (Å²) >= 11 is 3.43. The molecule has 33 heavy (non-hydrogen) atoms. The van der Waals surface area contributed by atoms with E-state index < -0.39 is 10.8 Å². The fourth-order valence-electron chi connectivity index (χ4n) is 2.88. The monoisotopic (exact) mass is 507 g/mol. The second-order valence-corrected chi connectivity index (χ2v) is 7.58. The number of carbonyl (C=O) groups is 1. The van der Waals surface area contributed by atoms with Crippen molar-refractivity contribution < 1.29 is 19.2 Å². The van der Waals surface area contributed by atoms with Gasteiger partial charge in [0.25, 0.3) is 11.6 Å². The summed E-state index contributed by atoms with van der Waals surface area (Å²) in [6, 6.07) is 20.1. The van der Waals surface area contributed by atoms with Crippen molar-refractivity contribution in [1.29, 1.82) is 5.26 Å². The molecule has 0 heterocycles. The summed E-state index contributed by atoms with van der Waals surface area (Å²) in [7, 11) is 1.46. The van der Waals surface area contributed by atoms with Crippen LogP contribution < -0.4 is 14.8 Å². The smallest absolute Gasteiger partial charge is 0.269 e. The molecule has 0 aliphatic rings. The van der Waals surface area contributed by atoms with E-state index in [9.17, 15) is 20.2 Å². The highest BCUT2D eigenvalue weighted by Gasteiger charge is 2.14. The van der Waals surface area contributed by atoms with E-state index in [1.165, 1.54) is 25.3 Å². The van der Waals surface area contributed by atoms with Gasteiger partial charge in [-0.05, 0) is 41.5 Å². The van der Waals surface area contributed by atoms with Crippen molar-refractivity contribution in [3.8, 4) is 17.6 Å². The second-order valence-electron chi connectivity index (χ2n) is 6.73. The number of halogens is 1. The van der Waals surface area contributed by atoms with E-state index in [-0.39, 0.29) is 17.9 Å². The Kier molecular flexibility index (Phi) is 7.78. The molecule has 0 atom stereocenters. The van der Waals surface area contributed by atoms with Crippen LogP contribution in [0.4, 0.5) is 11.4 Å². The fourth-order valence-corrected chi connectivity index (χ4v) is 3.32. The maximum atomic E-state index is 12.5. The molecule has 0 radical (unpaired) electrons. The predicted octanol–water partition coefficient (Wildman–Crippen LogP) is 5.49. The summed E-state index contributed by atoms with van der Waals surface area (Å²) in [5.74, 6) is 0.219. The Bertz CT molecular complexity index is 1250. The third-order valence-electron chi connectivity index (χ3n) is 4.50. The lowest BCUT2D eigenvalue weighted by Gasteiger charge is -2.13. The zero-order valence-corrected chi connectivity index (χ0v) is 19.0. The van der Waals surface area contributed by atoms with E-state index in [4.69, 9.17) is 9.47 Å². The number of hydrogen-bond acceptors (Lipinski definition) is 6. The van der Waals surface area contributed by atoms with Gasteiger partial charge in [0.2, 0.25) is 0 Å². The Balaban J connectivity index is 1.81. The topological polar surface area (TPSA) is 114 Å². The van der Waals surface area contributed by atoms with Gasteiger partial charge >= 0.3 is 0 Å². The summed E-state index contributed by atoms with van der Waals surface area (Å²) in [5, 5.41) is 23.1. The van der Waals surface area contributed by atoms with Crippen LogP contribution in [0.3, 0.4) is 0 Å². The Morgan fingerprint density at radius 3 is 2.58 bits per heavy atom. The SMILES string of the molecule is COc1cc(/C=C(/C#N)C(=O)Nc2ccccc2)c(Br)cc1OCc1cccc([N+](=O)[O-])c1. The number of rotatable bonds is 8. The first-order valence-electron chi connectivity index (χ1n) is 9.63. The van der Waals surface area contributed by atoms with Crippen molar-refractivity contribution in [3.05, 3.63) is 98.0 Å². The number of anilines is 1. The van der Waals surface area contributed by atoms with E-state index in [1.807, 2.05) is 12.1 Å². The number of para-hydroxylation sites is 1. The van der Waals surface area contributed by atoms with Crippen LogP contribution in [0.5, 0.6) is 11.5 Å². The number of non-ortho nitro benzene ring substituents is 1. The molecule has 3 aromatic carbocycles. The van der Waals surface area contributed by atoms with Crippen LogP contribution in [0.2, 0.25) is 0 Å². The molecule has 1 amide bonds. The van der Waals surface area contributed by atoms with Gasteiger partial charge in [-0.2, -0.15) is 5.26 Å². The van der Waals surface area contributed by atoms with Crippen molar-refractivity contribution in [2.45, 2.75) is 6.61 Å². The Morgan fingerprint density at radius 2 is 1.91 bits per heavy atom. The number of carbonyl (C=O) groups excluding carboxylic acids is 1. The number of nitriles is 1. The van der Waals surface area contributed by atoms with Crippen LogP contribution in [0, 0.1) is 21.4 Å². The summed E-state index contributed by atoms with van der Waals surface area (Å²) in [6.07, 6.45) is 1.44. The lowest BCUT2D eigenvalue weighted by atomic mass is 10.1. The number of nitrogens with one attached hydrogen (secondary N) is 1. The number of nitro benzene ring substituents is 1. The number of benzene rings is 3. The minimum absolute atomic E-state index is 0.0254. The van der Waals surface area contributed by atoms with Gasteiger partial charge in [0.15, 0.2) is 11.5 Å². The van der Waals surface area contributed by atoms with Crippen molar-refractivity contribution in [3.63, 3.8) is 0 Å². The molecule has 0 aliphatic heterocycles. The third-order valence-corrected chi connectivity index (χ3v) is 5.18. The highest BCUT2D eigenvalue weighted by molar-refractivity contribution is 9.10. The summed E-state index contributed by atoms with van der Waals surface area (Å²) in [4.78, 5) is 23.0. The van der Waals surface area contributed by atoms with Crippen LogP contribution in [0.15, 0.2) is 76.8 Å². The molecule has 0 bridgehead atoms. The largest absolute Gasteiger partial charge is 0.493 e. The van der Waals surface area contributed by atoms with Gasteiger partial charge in [-0.1, -0.05) is 46.3 Å². The molecule has 9 heteroatoms. The molecular formula is C24H18BrN3O5. The summed E-state index contributed by atoms with van der Waals surface area (Å²) < 4.78 is 11.8. The highest BCUT2D eigenvalue weighted by atomic mass is 79.9. The Hall–Kier alpha value is -4.16.